The highest BCUT2D eigenvalue weighted by atomic mass is 16.5. The molecule has 1 aliphatic rings. The summed E-state index contributed by atoms with van der Waals surface area (Å²) in [6, 6.07) is 0.438. The van der Waals surface area contributed by atoms with Gasteiger partial charge in [-0.15, -0.1) is 0 Å². The van der Waals surface area contributed by atoms with E-state index in [4.69, 9.17) is 4.74 Å². The van der Waals surface area contributed by atoms with Gasteiger partial charge in [-0.1, -0.05) is 13.8 Å². The Bertz CT molecular complexity index is 317. The molecule has 2 atom stereocenters. The van der Waals surface area contributed by atoms with Crippen molar-refractivity contribution in [1.82, 2.24) is 10.2 Å². The van der Waals surface area contributed by atoms with E-state index in [-0.39, 0.29) is 11.5 Å². The largest absolute Gasteiger partial charge is 0.468 e. The third kappa shape index (κ3) is 3.29. The van der Waals surface area contributed by atoms with E-state index in [0.29, 0.717) is 6.04 Å². The average Bonchev–Trinajstić information content (AvgIpc) is 2.82. The van der Waals surface area contributed by atoms with Crippen LogP contribution in [-0.2, 0) is 9.53 Å². The van der Waals surface area contributed by atoms with Crippen LogP contribution < -0.4 is 5.32 Å². The summed E-state index contributed by atoms with van der Waals surface area (Å²) < 4.78 is 5.01. The highest BCUT2D eigenvalue weighted by molar-refractivity contribution is 5.81. The van der Waals surface area contributed by atoms with Crippen molar-refractivity contribution in [1.29, 1.82) is 0 Å². The summed E-state index contributed by atoms with van der Waals surface area (Å²) >= 11 is 0. The van der Waals surface area contributed by atoms with Gasteiger partial charge in [-0.3, -0.25) is 9.69 Å². The molecule has 0 bridgehead atoms. The van der Waals surface area contributed by atoms with Gasteiger partial charge in [-0.05, 0) is 53.1 Å². The molecule has 0 heterocycles. The molecule has 0 aliphatic heterocycles. The van der Waals surface area contributed by atoms with E-state index in [1.54, 1.807) is 0 Å². The van der Waals surface area contributed by atoms with Crippen LogP contribution in [0.4, 0.5) is 0 Å². The lowest BCUT2D eigenvalue weighted by molar-refractivity contribution is -0.148. The average molecular weight is 270 g/mol. The molecule has 0 saturated heterocycles. The highest BCUT2D eigenvalue weighted by Crippen LogP contribution is 2.36. The Hall–Kier alpha value is -0.610. The molecular formula is C15H30N2O2. The summed E-state index contributed by atoms with van der Waals surface area (Å²) in [4.78, 5) is 14.5. The maximum Gasteiger partial charge on any atom is 0.326 e. The Labute approximate surface area is 117 Å². The molecule has 0 aromatic heterocycles. The molecule has 1 saturated carbocycles. The quantitative estimate of drug-likeness (QED) is 0.751. The summed E-state index contributed by atoms with van der Waals surface area (Å²) in [5, 5.41) is 3.36. The number of carbonyl (C=O) groups excluding carboxylic acids is 1. The summed E-state index contributed by atoms with van der Waals surface area (Å²) in [6.45, 7) is 9.57. The van der Waals surface area contributed by atoms with E-state index in [9.17, 15) is 4.79 Å². The molecule has 1 rings (SSSR count). The van der Waals surface area contributed by atoms with Gasteiger partial charge in [0, 0.05) is 11.6 Å². The second-order valence-corrected chi connectivity index (χ2v) is 6.28. The smallest absolute Gasteiger partial charge is 0.326 e. The van der Waals surface area contributed by atoms with Crippen LogP contribution in [0.1, 0.15) is 53.4 Å². The molecule has 0 aromatic carbocycles. The summed E-state index contributed by atoms with van der Waals surface area (Å²) in [5.74, 6) is -0.112. The molecule has 0 radical (unpaired) electrons. The molecule has 2 unspecified atom stereocenters. The van der Waals surface area contributed by atoms with Gasteiger partial charge in [0.1, 0.15) is 5.54 Å². The molecular weight excluding hydrogens is 240 g/mol. The van der Waals surface area contributed by atoms with Gasteiger partial charge in [0.15, 0.2) is 0 Å². The zero-order valence-corrected chi connectivity index (χ0v) is 13.4. The number of hydrogen-bond acceptors (Lipinski definition) is 4. The van der Waals surface area contributed by atoms with E-state index in [1.165, 1.54) is 7.11 Å². The first-order chi connectivity index (χ1) is 8.83. The first kappa shape index (κ1) is 16.4. The molecule has 1 N–H and O–H groups in total. The molecule has 0 aromatic rings. The maximum absolute atomic E-state index is 12.1. The fraction of sp³-hybridized carbons (Fsp3) is 0.933. The fourth-order valence-electron chi connectivity index (χ4n) is 3.05. The molecule has 19 heavy (non-hydrogen) atoms. The molecule has 0 spiro atoms. The topological polar surface area (TPSA) is 41.6 Å². The second-order valence-electron chi connectivity index (χ2n) is 6.28. The van der Waals surface area contributed by atoms with E-state index < -0.39 is 5.54 Å². The lowest BCUT2D eigenvalue weighted by Gasteiger charge is -2.40. The number of esters is 1. The van der Waals surface area contributed by atoms with Crippen molar-refractivity contribution in [2.24, 2.45) is 0 Å². The van der Waals surface area contributed by atoms with Crippen molar-refractivity contribution in [3.05, 3.63) is 0 Å². The second kappa shape index (κ2) is 6.23. The van der Waals surface area contributed by atoms with Crippen LogP contribution in [-0.4, -0.2) is 48.7 Å². The van der Waals surface area contributed by atoms with Crippen molar-refractivity contribution in [2.75, 3.05) is 20.7 Å². The molecule has 0 amide bonds. The van der Waals surface area contributed by atoms with Crippen LogP contribution in [0.15, 0.2) is 0 Å². The maximum atomic E-state index is 12.1. The van der Waals surface area contributed by atoms with Crippen molar-refractivity contribution >= 4 is 5.97 Å². The number of hydrogen-bond donors (Lipinski definition) is 1. The number of likely N-dealkylation sites (N-methyl/N-ethyl adjacent to an activating group) is 1. The summed E-state index contributed by atoms with van der Waals surface area (Å²) in [5.41, 5.74) is -0.310. The Morgan fingerprint density at radius 1 is 1.47 bits per heavy atom. The normalized spacial score (nSPS) is 27.8. The third-order valence-electron chi connectivity index (χ3n) is 4.95. The van der Waals surface area contributed by atoms with Crippen LogP contribution >= 0.6 is 0 Å². The van der Waals surface area contributed by atoms with Gasteiger partial charge in [-0.25, -0.2) is 0 Å². The highest BCUT2D eigenvalue weighted by Gasteiger charge is 2.48. The number of nitrogens with zero attached hydrogens (tertiary/aromatic N) is 1. The Kier molecular flexibility index (Phi) is 5.39. The van der Waals surface area contributed by atoms with Crippen LogP contribution in [0.25, 0.3) is 0 Å². The minimum Gasteiger partial charge on any atom is -0.468 e. The van der Waals surface area contributed by atoms with E-state index >= 15 is 0 Å². The van der Waals surface area contributed by atoms with Crippen molar-refractivity contribution in [3.8, 4) is 0 Å². The van der Waals surface area contributed by atoms with Gasteiger partial charge >= 0.3 is 5.97 Å². The molecule has 4 heteroatoms. The number of ether oxygens (including phenoxy) is 1. The number of nitrogens with one attached hydrogen (secondary N) is 1. The standard InChI is InChI=1S/C15H30N2O2/c1-7-14(3,4)17(5)12-9-10-15(11-12,16-8-2)13(18)19-6/h12,16H,7-11H2,1-6H3. The van der Waals surface area contributed by atoms with Gasteiger partial charge in [-0.2, -0.15) is 0 Å². The van der Waals surface area contributed by atoms with Gasteiger partial charge in [0.25, 0.3) is 0 Å². The zero-order chi connectivity index (χ0) is 14.7. The van der Waals surface area contributed by atoms with Gasteiger partial charge in [0.2, 0.25) is 0 Å². The van der Waals surface area contributed by atoms with Gasteiger partial charge < -0.3 is 10.1 Å². The Morgan fingerprint density at radius 2 is 2.11 bits per heavy atom. The number of carbonyl (C=O) groups is 1. The third-order valence-corrected chi connectivity index (χ3v) is 4.95. The summed E-state index contributed by atoms with van der Waals surface area (Å²) in [6.07, 6.45) is 3.85. The van der Waals surface area contributed by atoms with Crippen molar-refractivity contribution in [2.45, 2.75) is 70.5 Å². The fourth-order valence-corrected chi connectivity index (χ4v) is 3.05. The predicted molar refractivity (Wildman–Crippen MR) is 78.2 cm³/mol. The first-order valence-corrected chi connectivity index (χ1v) is 7.39. The van der Waals surface area contributed by atoms with Crippen molar-refractivity contribution in [3.63, 3.8) is 0 Å². The Morgan fingerprint density at radius 3 is 2.58 bits per heavy atom. The van der Waals surface area contributed by atoms with E-state index in [1.807, 2.05) is 6.92 Å². The van der Waals surface area contributed by atoms with E-state index in [2.05, 4.69) is 38.0 Å². The van der Waals surface area contributed by atoms with Crippen LogP contribution in [0.3, 0.4) is 0 Å². The number of methoxy groups -OCH3 is 1. The SMILES string of the molecule is CCNC1(C(=O)OC)CCC(N(C)C(C)(C)CC)C1. The van der Waals surface area contributed by atoms with Crippen LogP contribution in [0, 0.1) is 0 Å². The monoisotopic (exact) mass is 270 g/mol. The predicted octanol–water partition coefficient (Wildman–Crippen LogP) is 2.18. The first-order valence-electron chi connectivity index (χ1n) is 7.39. The lowest BCUT2D eigenvalue weighted by Crippen LogP contribution is -2.53. The van der Waals surface area contributed by atoms with Crippen LogP contribution in [0.2, 0.25) is 0 Å². The zero-order valence-electron chi connectivity index (χ0n) is 13.4. The van der Waals surface area contributed by atoms with Gasteiger partial charge in [0.05, 0.1) is 7.11 Å². The Balaban J connectivity index is 2.82. The van der Waals surface area contributed by atoms with Crippen molar-refractivity contribution < 1.29 is 9.53 Å². The number of rotatable bonds is 6. The molecule has 4 nitrogen and oxygen atoms in total. The molecule has 1 fully saturated rings. The minimum absolute atomic E-state index is 0.112. The molecule has 1 aliphatic carbocycles. The van der Waals surface area contributed by atoms with Crippen LogP contribution in [0.5, 0.6) is 0 Å². The minimum atomic E-state index is -0.480. The molecule has 112 valence electrons. The lowest BCUT2D eigenvalue weighted by atomic mass is 9.94. The summed E-state index contributed by atoms with van der Waals surface area (Å²) in [7, 11) is 3.65. The van der Waals surface area contributed by atoms with E-state index in [0.717, 1.165) is 32.2 Å².